The number of ether oxygens (including phenoxy) is 1. The molecule has 0 aromatic heterocycles. The number of thioether (sulfide) groups is 1. The fourth-order valence-electron chi connectivity index (χ4n) is 1.000. The Morgan fingerprint density at radius 2 is 2.21 bits per heavy atom. The van der Waals surface area contributed by atoms with Gasteiger partial charge in [-0.1, -0.05) is 24.4 Å². The maximum absolute atomic E-state index is 5.55. The van der Waals surface area contributed by atoms with Crippen LogP contribution in [0.15, 0.2) is 29.2 Å². The van der Waals surface area contributed by atoms with E-state index in [4.69, 9.17) is 22.7 Å². The van der Waals surface area contributed by atoms with Crippen molar-refractivity contribution >= 4 is 29.0 Å². The van der Waals surface area contributed by atoms with Gasteiger partial charge in [0.05, 0.1) is 11.6 Å². The van der Waals surface area contributed by atoms with Crippen LogP contribution in [-0.4, -0.2) is 17.9 Å². The fraction of sp³-hybridized carbons (Fsp3) is 0.300. The van der Waals surface area contributed by atoms with Gasteiger partial charge in [0.1, 0.15) is 5.75 Å². The molecule has 0 amide bonds. The SMILES string of the molecule is CSc1ccccc1OCCC(N)=S. The van der Waals surface area contributed by atoms with Crippen LogP contribution in [0.5, 0.6) is 5.75 Å². The number of hydrogen-bond donors (Lipinski definition) is 1. The van der Waals surface area contributed by atoms with E-state index in [1.807, 2.05) is 30.5 Å². The molecule has 1 aromatic rings. The predicted molar refractivity (Wildman–Crippen MR) is 65.1 cm³/mol. The molecule has 0 heterocycles. The molecule has 4 heteroatoms. The van der Waals surface area contributed by atoms with Gasteiger partial charge >= 0.3 is 0 Å². The van der Waals surface area contributed by atoms with Crippen molar-refractivity contribution in [1.82, 2.24) is 0 Å². The van der Waals surface area contributed by atoms with Crippen molar-refractivity contribution in [2.24, 2.45) is 5.73 Å². The van der Waals surface area contributed by atoms with E-state index in [1.54, 1.807) is 11.8 Å². The first-order chi connectivity index (χ1) is 6.74. The second-order valence-electron chi connectivity index (χ2n) is 2.72. The number of hydrogen-bond acceptors (Lipinski definition) is 3. The third-order valence-electron chi connectivity index (χ3n) is 1.68. The summed E-state index contributed by atoms with van der Waals surface area (Å²) in [5.41, 5.74) is 5.37. The van der Waals surface area contributed by atoms with Gasteiger partial charge in [-0.2, -0.15) is 0 Å². The van der Waals surface area contributed by atoms with E-state index in [0.717, 1.165) is 10.6 Å². The van der Waals surface area contributed by atoms with Gasteiger partial charge in [0.15, 0.2) is 0 Å². The van der Waals surface area contributed by atoms with Crippen LogP contribution in [0.1, 0.15) is 6.42 Å². The lowest BCUT2D eigenvalue weighted by molar-refractivity contribution is 0.322. The molecule has 0 aliphatic heterocycles. The van der Waals surface area contributed by atoms with Crippen molar-refractivity contribution < 1.29 is 4.74 Å². The minimum absolute atomic E-state index is 0.492. The van der Waals surface area contributed by atoms with Gasteiger partial charge in [0, 0.05) is 11.3 Å². The van der Waals surface area contributed by atoms with Crippen LogP contribution in [0.25, 0.3) is 0 Å². The molecule has 2 N–H and O–H groups in total. The highest BCUT2D eigenvalue weighted by Gasteiger charge is 2.00. The van der Waals surface area contributed by atoms with Gasteiger partial charge in [0.2, 0.25) is 0 Å². The zero-order valence-electron chi connectivity index (χ0n) is 8.03. The lowest BCUT2D eigenvalue weighted by atomic mass is 10.3. The molecule has 0 saturated heterocycles. The highest BCUT2D eigenvalue weighted by atomic mass is 32.2. The molecule has 76 valence electrons. The minimum atomic E-state index is 0.492. The Bertz CT molecular complexity index is 315. The molecule has 0 fully saturated rings. The topological polar surface area (TPSA) is 35.2 Å². The molecule has 0 bridgehead atoms. The van der Waals surface area contributed by atoms with E-state index in [9.17, 15) is 0 Å². The first kappa shape index (κ1) is 11.3. The largest absolute Gasteiger partial charge is 0.492 e. The van der Waals surface area contributed by atoms with Crippen molar-refractivity contribution in [1.29, 1.82) is 0 Å². The molecular weight excluding hydrogens is 214 g/mol. The van der Waals surface area contributed by atoms with E-state index in [0.29, 0.717) is 18.0 Å². The minimum Gasteiger partial charge on any atom is -0.492 e. The lowest BCUT2D eigenvalue weighted by Gasteiger charge is -2.08. The lowest BCUT2D eigenvalue weighted by Crippen LogP contribution is -2.12. The summed E-state index contributed by atoms with van der Waals surface area (Å²) in [5, 5.41) is 0. The Balaban J connectivity index is 2.53. The normalized spacial score (nSPS) is 9.79. The number of rotatable bonds is 5. The molecule has 2 nitrogen and oxygen atoms in total. The summed E-state index contributed by atoms with van der Waals surface area (Å²) in [7, 11) is 0. The summed E-state index contributed by atoms with van der Waals surface area (Å²) in [6.45, 7) is 0.549. The van der Waals surface area contributed by atoms with E-state index >= 15 is 0 Å². The van der Waals surface area contributed by atoms with Gasteiger partial charge in [-0.25, -0.2) is 0 Å². The van der Waals surface area contributed by atoms with Gasteiger partial charge < -0.3 is 10.5 Å². The Morgan fingerprint density at radius 3 is 2.86 bits per heavy atom. The number of para-hydroxylation sites is 1. The number of nitrogens with two attached hydrogens (primary N) is 1. The van der Waals surface area contributed by atoms with Crippen LogP contribution in [0.2, 0.25) is 0 Å². The van der Waals surface area contributed by atoms with Crippen LogP contribution >= 0.6 is 24.0 Å². The second kappa shape index (κ2) is 5.88. The molecular formula is C10H13NOS2. The molecule has 0 spiro atoms. The van der Waals surface area contributed by atoms with Crippen molar-refractivity contribution in [2.45, 2.75) is 11.3 Å². The van der Waals surface area contributed by atoms with E-state index in [1.165, 1.54) is 0 Å². The fourth-order valence-corrected chi connectivity index (χ4v) is 1.63. The van der Waals surface area contributed by atoms with Crippen LogP contribution in [0.4, 0.5) is 0 Å². The quantitative estimate of drug-likeness (QED) is 0.619. The average Bonchev–Trinajstić information content (AvgIpc) is 2.18. The summed E-state index contributed by atoms with van der Waals surface area (Å²) in [5.74, 6) is 0.899. The van der Waals surface area contributed by atoms with Crippen LogP contribution in [-0.2, 0) is 0 Å². The average molecular weight is 227 g/mol. The van der Waals surface area contributed by atoms with Crippen molar-refractivity contribution in [2.75, 3.05) is 12.9 Å². The first-order valence-electron chi connectivity index (χ1n) is 4.28. The number of benzene rings is 1. The molecule has 1 aromatic carbocycles. The molecule has 0 radical (unpaired) electrons. The molecule has 0 unspecified atom stereocenters. The summed E-state index contributed by atoms with van der Waals surface area (Å²) >= 11 is 6.43. The van der Waals surface area contributed by atoms with Crippen molar-refractivity contribution in [3.63, 3.8) is 0 Å². The molecule has 1 rings (SSSR count). The smallest absolute Gasteiger partial charge is 0.132 e. The Labute approximate surface area is 93.8 Å². The third-order valence-corrected chi connectivity index (χ3v) is 2.66. The van der Waals surface area contributed by atoms with Crippen molar-refractivity contribution in [3.05, 3.63) is 24.3 Å². The Kier molecular flexibility index (Phi) is 4.76. The molecule has 0 saturated carbocycles. The monoisotopic (exact) mass is 227 g/mol. The van der Waals surface area contributed by atoms with E-state index < -0.39 is 0 Å². The van der Waals surface area contributed by atoms with Crippen LogP contribution in [0, 0.1) is 0 Å². The van der Waals surface area contributed by atoms with Gasteiger partial charge in [-0.3, -0.25) is 0 Å². The molecule has 0 aliphatic rings. The van der Waals surface area contributed by atoms with Gasteiger partial charge in [0.25, 0.3) is 0 Å². The zero-order valence-corrected chi connectivity index (χ0v) is 9.66. The summed E-state index contributed by atoms with van der Waals surface area (Å²) in [6.07, 6.45) is 2.65. The second-order valence-corrected chi connectivity index (χ2v) is 4.09. The van der Waals surface area contributed by atoms with Crippen LogP contribution in [0.3, 0.4) is 0 Å². The van der Waals surface area contributed by atoms with E-state index in [-0.39, 0.29) is 0 Å². The van der Waals surface area contributed by atoms with Gasteiger partial charge in [-0.15, -0.1) is 11.8 Å². The van der Waals surface area contributed by atoms with Crippen molar-refractivity contribution in [3.8, 4) is 5.75 Å². The first-order valence-corrected chi connectivity index (χ1v) is 5.91. The molecule has 0 atom stereocenters. The predicted octanol–water partition coefficient (Wildman–Crippen LogP) is 2.46. The maximum atomic E-state index is 5.55. The summed E-state index contributed by atoms with van der Waals surface area (Å²) in [6, 6.07) is 7.92. The Hall–Kier alpha value is -0.740. The Morgan fingerprint density at radius 1 is 1.50 bits per heavy atom. The summed E-state index contributed by atoms with van der Waals surface area (Å²) in [4.78, 5) is 1.63. The summed E-state index contributed by atoms with van der Waals surface area (Å²) < 4.78 is 5.55. The number of thiocarbonyl (C=S) groups is 1. The van der Waals surface area contributed by atoms with E-state index in [2.05, 4.69) is 0 Å². The zero-order chi connectivity index (χ0) is 10.4. The standard InChI is InChI=1S/C10H13NOS2/c1-14-9-5-3-2-4-8(9)12-7-6-10(11)13/h2-5H,6-7H2,1H3,(H2,11,13). The molecule has 14 heavy (non-hydrogen) atoms. The van der Waals surface area contributed by atoms with Crippen LogP contribution < -0.4 is 10.5 Å². The highest BCUT2D eigenvalue weighted by molar-refractivity contribution is 7.98. The third kappa shape index (κ3) is 3.55. The maximum Gasteiger partial charge on any atom is 0.132 e. The highest BCUT2D eigenvalue weighted by Crippen LogP contribution is 2.26. The van der Waals surface area contributed by atoms with Gasteiger partial charge in [-0.05, 0) is 18.4 Å². The molecule has 0 aliphatic carbocycles.